The van der Waals surface area contributed by atoms with Gasteiger partial charge in [-0.05, 0) is 19.1 Å². The van der Waals surface area contributed by atoms with Gasteiger partial charge < -0.3 is 10.6 Å². The molecular weight excluding hydrogens is 316 g/mol. The zero-order chi connectivity index (χ0) is 16.4. The highest BCUT2D eigenvalue weighted by Crippen LogP contribution is 2.22. The van der Waals surface area contributed by atoms with Gasteiger partial charge in [-0.2, -0.15) is 0 Å². The minimum Gasteiger partial charge on any atom is -0.356 e. The van der Waals surface area contributed by atoms with E-state index in [1.54, 1.807) is 31.2 Å². The number of hydrogen-bond acceptors (Lipinski definition) is 5. The van der Waals surface area contributed by atoms with Crippen LogP contribution in [0.5, 0.6) is 0 Å². The molecule has 0 spiro atoms. The maximum Gasteiger partial charge on any atom is 0.263 e. The normalized spacial score (nSPS) is 22.0. The highest BCUT2D eigenvalue weighted by Gasteiger charge is 2.30. The molecular formula is C15H20N4O3S. The first-order chi connectivity index (χ1) is 11.0. The van der Waals surface area contributed by atoms with Crippen molar-refractivity contribution in [2.75, 3.05) is 19.6 Å². The van der Waals surface area contributed by atoms with Crippen molar-refractivity contribution in [3.8, 4) is 0 Å². The largest absolute Gasteiger partial charge is 0.356 e. The van der Waals surface area contributed by atoms with E-state index in [0.717, 1.165) is 13.1 Å². The number of nitrogens with one attached hydrogen (secondary N) is 3. The lowest BCUT2D eigenvalue weighted by molar-refractivity contribution is -0.121. The summed E-state index contributed by atoms with van der Waals surface area (Å²) in [5, 5.41) is 6.04. The average molecular weight is 336 g/mol. The van der Waals surface area contributed by atoms with Gasteiger partial charge in [0.25, 0.3) is 10.0 Å². The molecule has 124 valence electrons. The SMILES string of the molecule is CC(CC(=O)NCC1CNC1)N=C1NS(=O)(=O)c2ccccc21. The summed E-state index contributed by atoms with van der Waals surface area (Å²) >= 11 is 0. The van der Waals surface area contributed by atoms with E-state index in [1.165, 1.54) is 0 Å². The number of nitrogens with zero attached hydrogens (tertiary/aromatic N) is 1. The highest BCUT2D eigenvalue weighted by atomic mass is 32.2. The van der Waals surface area contributed by atoms with Crippen LogP contribution in [0, 0.1) is 5.92 Å². The Morgan fingerprint density at radius 1 is 1.39 bits per heavy atom. The summed E-state index contributed by atoms with van der Waals surface area (Å²) in [4.78, 5) is 16.5. The summed E-state index contributed by atoms with van der Waals surface area (Å²) in [6.45, 7) is 4.35. The van der Waals surface area contributed by atoms with E-state index in [9.17, 15) is 13.2 Å². The topological polar surface area (TPSA) is 99.7 Å². The fourth-order valence-corrected chi connectivity index (χ4v) is 3.83. The average Bonchev–Trinajstić information content (AvgIpc) is 2.69. The van der Waals surface area contributed by atoms with Crippen molar-refractivity contribution in [2.45, 2.75) is 24.3 Å². The van der Waals surface area contributed by atoms with Crippen molar-refractivity contribution in [1.29, 1.82) is 0 Å². The summed E-state index contributed by atoms with van der Waals surface area (Å²) in [5.74, 6) is 0.751. The van der Waals surface area contributed by atoms with Crippen LogP contribution in [0.4, 0.5) is 0 Å². The molecule has 2 aliphatic heterocycles. The molecule has 8 heteroatoms. The molecule has 3 N–H and O–H groups in total. The van der Waals surface area contributed by atoms with Crippen LogP contribution in [0.15, 0.2) is 34.2 Å². The molecule has 0 aromatic heterocycles. The van der Waals surface area contributed by atoms with Gasteiger partial charge in [0, 0.05) is 37.5 Å². The predicted octanol–water partition coefficient (Wildman–Crippen LogP) is -0.161. The Morgan fingerprint density at radius 3 is 2.83 bits per heavy atom. The predicted molar refractivity (Wildman–Crippen MR) is 86.7 cm³/mol. The first kappa shape index (κ1) is 15.9. The molecule has 0 radical (unpaired) electrons. The van der Waals surface area contributed by atoms with Gasteiger partial charge in [-0.1, -0.05) is 12.1 Å². The number of benzene rings is 1. The summed E-state index contributed by atoms with van der Waals surface area (Å²) in [5.41, 5.74) is 0.556. The Kier molecular flexibility index (Phi) is 4.36. The number of carbonyl (C=O) groups is 1. The minimum absolute atomic E-state index is 0.0668. The van der Waals surface area contributed by atoms with E-state index < -0.39 is 10.0 Å². The summed E-state index contributed by atoms with van der Waals surface area (Å²) in [7, 11) is -3.53. The second-order valence-corrected chi connectivity index (χ2v) is 7.61. The lowest BCUT2D eigenvalue weighted by Crippen LogP contribution is -2.48. The quantitative estimate of drug-likeness (QED) is 0.696. The number of amidine groups is 1. The molecule has 0 bridgehead atoms. The first-order valence-corrected chi connectivity index (χ1v) is 9.11. The van der Waals surface area contributed by atoms with Crippen LogP contribution in [-0.2, 0) is 14.8 Å². The van der Waals surface area contributed by atoms with Crippen LogP contribution in [-0.4, -0.2) is 45.8 Å². The number of amides is 1. The molecule has 1 atom stereocenters. The van der Waals surface area contributed by atoms with Crippen LogP contribution in [0.2, 0.25) is 0 Å². The summed E-state index contributed by atoms with van der Waals surface area (Å²) in [6, 6.07) is 6.39. The zero-order valence-corrected chi connectivity index (χ0v) is 13.7. The number of fused-ring (bicyclic) bond motifs is 1. The zero-order valence-electron chi connectivity index (χ0n) is 12.9. The van der Waals surface area contributed by atoms with Gasteiger partial charge in [0.05, 0.1) is 10.9 Å². The molecule has 1 aromatic carbocycles. The molecule has 1 amide bonds. The fraction of sp³-hybridized carbons (Fsp3) is 0.467. The van der Waals surface area contributed by atoms with E-state index in [-0.39, 0.29) is 23.3 Å². The van der Waals surface area contributed by atoms with Gasteiger partial charge in [-0.25, -0.2) is 8.42 Å². The summed E-state index contributed by atoms with van der Waals surface area (Å²) in [6.07, 6.45) is 0.230. The highest BCUT2D eigenvalue weighted by molar-refractivity contribution is 7.90. The van der Waals surface area contributed by atoms with Crippen LogP contribution < -0.4 is 15.4 Å². The Bertz CT molecular complexity index is 741. The Balaban J connectivity index is 1.63. The molecule has 0 aliphatic carbocycles. The van der Waals surface area contributed by atoms with E-state index in [4.69, 9.17) is 0 Å². The van der Waals surface area contributed by atoms with Crippen molar-refractivity contribution < 1.29 is 13.2 Å². The van der Waals surface area contributed by atoms with Crippen molar-refractivity contribution >= 4 is 21.8 Å². The van der Waals surface area contributed by atoms with Gasteiger partial charge in [0.2, 0.25) is 5.91 Å². The third-order valence-electron chi connectivity index (χ3n) is 3.95. The van der Waals surface area contributed by atoms with Gasteiger partial charge in [-0.3, -0.25) is 14.5 Å². The van der Waals surface area contributed by atoms with E-state index >= 15 is 0 Å². The molecule has 3 rings (SSSR count). The van der Waals surface area contributed by atoms with Crippen LogP contribution in [0.3, 0.4) is 0 Å². The third kappa shape index (κ3) is 3.53. The number of rotatable bonds is 5. The molecule has 0 saturated carbocycles. The maximum absolute atomic E-state index is 12.0. The lowest BCUT2D eigenvalue weighted by atomic mass is 10.0. The monoisotopic (exact) mass is 336 g/mol. The van der Waals surface area contributed by atoms with Gasteiger partial charge >= 0.3 is 0 Å². The number of hydrogen-bond donors (Lipinski definition) is 3. The molecule has 1 unspecified atom stereocenters. The van der Waals surface area contributed by atoms with Crippen molar-refractivity contribution in [3.63, 3.8) is 0 Å². The van der Waals surface area contributed by atoms with Crippen LogP contribution >= 0.6 is 0 Å². The Hall–Kier alpha value is -1.93. The fourth-order valence-electron chi connectivity index (χ4n) is 2.59. The van der Waals surface area contributed by atoms with Crippen molar-refractivity contribution in [3.05, 3.63) is 29.8 Å². The summed E-state index contributed by atoms with van der Waals surface area (Å²) < 4.78 is 26.5. The molecule has 2 aliphatic rings. The van der Waals surface area contributed by atoms with E-state index in [1.807, 2.05) is 0 Å². The van der Waals surface area contributed by atoms with Gasteiger partial charge in [-0.15, -0.1) is 0 Å². The lowest BCUT2D eigenvalue weighted by Gasteiger charge is -2.27. The number of carbonyl (C=O) groups excluding carboxylic acids is 1. The Labute approximate surface area is 135 Å². The van der Waals surface area contributed by atoms with Crippen LogP contribution in [0.1, 0.15) is 18.9 Å². The second-order valence-electron chi connectivity index (χ2n) is 5.96. The molecule has 1 fully saturated rings. The van der Waals surface area contributed by atoms with Gasteiger partial charge in [0.15, 0.2) is 0 Å². The molecule has 7 nitrogen and oxygen atoms in total. The van der Waals surface area contributed by atoms with E-state index in [0.29, 0.717) is 23.9 Å². The van der Waals surface area contributed by atoms with Gasteiger partial charge in [0.1, 0.15) is 5.84 Å². The third-order valence-corrected chi connectivity index (χ3v) is 5.34. The Morgan fingerprint density at radius 2 is 2.13 bits per heavy atom. The maximum atomic E-state index is 12.0. The minimum atomic E-state index is -3.53. The second kappa shape index (κ2) is 6.29. The molecule has 23 heavy (non-hydrogen) atoms. The van der Waals surface area contributed by atoms with Crippen molar-refractivity contribution in [1.82, 2.24) is 15.4 Å². The van der Waals surface area contributed by atoms with Crippen molar-refractivity contribution in [2.24, 2.45) is 10.9 Å². The number of sulfonamides is 1. The molecule has 2 heterocycles. The molecule has 1 aromatic rings. The van der Waals surface area contributed by atoms with Crippen LogP contribution in [0.25, 0.3) is 0 Å². The molecule has 1 saturated heterocycles. The number of aliphatic imine (C=N–C) groups is 1. The van der Waals surface area contributed by atoms with E-state index in [2.05, 4.69) is 20.3 Å². The first-order valence-electron chi connectivity index (χ1n) is 7.63. The smallest absolute Gasteiger partial charge is 0.263 e. The standard InChI is InChI=1S/C15H20N4O3S/c1-10(6-14(20)17-9-11-7-16-8-11)18-15-12-4-2-3-5-13(12)23(21,22)19-15/h2-5,10-11,16H,6-9H2,1H3,(H,17,20)(H,18,19).